The molecule has 3 aromatic rings. The average Bonchev–Trinajstić information content (AvgIpc) is 2.71. The highest BCUT2D eigenvalue weighted by Crippen LogP contribution is 2.20. The SMILES string of the molecule is Cc1ccc(NS(=O)(=O)c2ccc(NC(=S)NC(=O)c3ccccc3C)cc2)cc1C. The van der Waals surface area contributed by atoms with Crippen molar-refractivity contribution in [2.45, 2.75) is 25.7 Å². The molecule has 0 saturated heterocycles. The summed E-state index contributed by atoms with van der Waals surface area (Å²) < 4.78 is 27.9. The molecule has 0 spiro atoms. The van der Waals surface area contributed by atoms with Gasteiger partial charge in [0.15, 0.2) is 5.11 Å². The fourth-order valence-corrected chi connectivity index (χ4v) is 4.16. The normalized spacial score (nSPS) is 10.9. The zero-order valence-electron chi connectivity index (χ0n) is 17.4. The summed E-state index contributed by atoms with van der Waals surface area (Å²) in [5.74, 6) is -0.313. The van der Waals surface area contributed by atoms with Crippen LogP contribution in [0.1, 0.15) is 27.0 Å². The first kappa shape index (κ1) is 22.5. The van der Waals surface area contributed by atoms with E-state index in [9.17, 15) is 13.2 Å². The van der Waals surface area contributed by atoms with Gasteiger partial charge in [0.25, 0.3) is 15.9 Å². The van der Waals surface area contributed by atoms with E-state index in [2.05, 4.69) is 15.4 Å². The van der Waals surface area contributed by atoms with Crippen molar-refractivity contribution in [1.29, 1.82) is 0 Å². The summed E-state index contributed by atoms with van der Waals surface area (Å²) in [5.41, 5.74) is 4.52. The van der Waals surface area contributed by atoms with Gasteiger partial charge in [0.1, 0.15) is 0 Å². The molecule has 1 amide bonds. The molecule has 0 radical (unpaired) electrons. The Morgan fingerprint density at radius 2 is 1.45 bits per heavy atom. The Morgan fingerprint density at radius 3 is 2.10 bits per heavy atom. The van der Waals surface area contributed by atoms with Crippen molar-refractivity contribution >= 4 is 44.6 Å². The Labute approximate surface area is 187 Å². The molecule has 0 saturated carbocycles. The number of benzene rings is 3. The molecule has 0 aliphatic heterocycles. The minimum Gasteiger partial charge on any atom is -0.332 e. The van der Waals surface area contributed by atoms with Crippen LogP contribution in [0.2, 0.25) is 0 Å². The van der Waals surface area contributed by atoms with Gasteiger partial charge in [0.05, 0.1) is 4.90 Å². The number of hydrogen-bond acceptors (Lipinski definition) is 4. The van der Waals surface area contributed by atoms with Gasteiger partial charge in [0, 0.05) is 16.9 Å². The molecule has 0 fully saturated rings. The van der Waals surface area contributed by atoms with Crippen LogP contribution in [-0.4, -0.2) is 19.4 Å². The van der Waals surface area contributed by atoms with E-state index in [4.69, 9.17) is 12.2 Å². The smallest absolute Gasteiger partial charge is 0.261 e. The number of nitrogens with one attached hydrogen (secondary N) is 3. The van der Waals surface area contributed by atoms with E-state index in [1.807, 2.05) is 39.0 Å². The van der Waals surface area contributed by atoms with Crippen LogP contribution in [0.4, 0.5) is 11.4 Å². The van der Waals surface area contributed by atoms with Crippen LogP contribution < -0.4 is 15.4 Å². The first-order chi connectivity index (χ1) is 14.7. The number of amides is 1. The molecular formula is C23H23N3O3S2. The highest BCUT2D eigenvalue weighted by molar-refractivity contribution is 7.92. The van der Waals surface area contributed by atoms with Crippen molar-refractivity contribution in [2.75, 3.05) is 10.0 Å². The molecule has 0 heterocycles. The minimum absolute atomic E-state index is 0.117. The fraction of sp³-hybridized carbons (Fsp3) is 0.130. The van der Waals surface area contributed by atoms with Crippen LogP contribution in [0.15, 0.2) is 71.6 Å². The summed E-state index contributed by atoms with van der Waals surface area (Å²) in [6.45, 7) is 5.73. The van der Waals surface area contributed by atoms with E-state index in [1.54, 1.807) is 36.4 Å². The van der Waals surface area contributed by atoms with Crippen LogP contribution in [-0.2, 0) is 10.0 Å². The second-order valence-electron chi connectivity index (χ2n) is 7.15. The molecule has 0 aliphatic rings. The Morgan fingerprint density at radius 1 is 0.806 bits per heavy atom. The lowest BCUT2D eigenvalue weighted by molar-refractivity contribution is 0.0977. The third-order valence-electron chi connectivity index (χ3n) is 4.80. The second-order valence-corrected chi connectivity index (χ2v) is 9.24. The van der Waals surface area contributed by atoms with Crippen molar-refractivity contribution in [2.24, 2.45) is 0 Å². The van der Waals surface area contributed by atoms with Crippen LogP contribution in [0.25, 0.3) is 0 Å². The van der Waals surface area contributed by atoms with Crippen molar-refractivity contribution in [3.8, 4) is 0 Å². The number of hydrogen-bond donors (Lipinski definition) is 3. The van der Waals surface area contributed by atoms with Crippen LogP contribution in [0.3, 0.4) is 0 Å². The van der Waals surface area contributed by atoms with E-state index >= 15 is 0 Å². The van der Waals surface area contributed by atoms with Gasteiger partial charge in [-0.1, -0.05) is 24.3 Å². The quantitative estimate of drug-likeness (QED) is 0.494. The number of carbonyl (C=O) groups excluding carboxylic acids is 1. The number of aryl methyl sites for hydroxylation is 3. The summed E-state index contributed by atoms with van der Waals surface area (Å²) in [4.78, 5) is 12.5. The van der Waals surface area contributed by atoms with Crippen molar-refractivity contribution in [3.63, 3.8) is 0 Å². The number of thiocarbonyl (C=S) groups is 1. The van der Waals surface area contributed by atoms with Crippen molar-refractivity contribution < 1.29 is 13.2 Å². The highest BCUT2D eigenvalue weighted by atomic mass is 32.2. The van der Waals surface area contributed by atoms with Gasteiger partial charge >= 0.3 is 0 Å². The van der Waals surface area contributed by atoms with E-state index in [-0.39, 0.29) is 15.9 Å². The van der Waals surface area contributed by atoms with Crippen LogP contribution in [0.5, 0.6) is 0 Å². The molecule has 3 aromatic carbocycles. The average molecular weight is 454 g/mol. The monoisotopic (exact) mass is 453 g/mol. The molecule has 31 heavy (non-hydrogen) atoms. The Balaban J connectivity index is 1.65. The van der Waals surface area contributed by atoms with Crippen LogP contribution in [0, 0.1) is 20.8 Å². The van der Waals surface area contributed by atoms with E-state index in [0.29, 0.717) is 16.9 Å². The summed E-state index contributed by atoms with van der Waals surface area (Å²) in [5, 5.41) is 5.63. The van der Waals surface area contributed by atoms with E-state index in [1.165, 1.54) is 12.1 Å². The van der Waals surface area contributed by atoms with Crippen LogP contribution >= 0.6 is 12.2 Å². The number of carbonyl (C=O) groups is 1. The Hall–Kier alpha value is -3.23. The molecule has 0 aliphatic carbocycles. The van der Waals surface area contributed by atoms with Crippen molar-refractivity contribution in [3.05, 3.63) is 89.0 Å². The third-order valence-corrected chi connectivity index (χ3v) is 6.40. The van der Waals surface area contributed by atoms with Crippen molar-refractivity contribution in [1.82, 2.24) is 5.32 Å². The summed E-state index contributed by atoms with van der Waals surface area (Å²) in [7, 11) is -3.73. The maximum Gasteiger partial charge on any atom is 0.261 e. The van der Waals surface area contributed by atoms with Gasteiger partial charge in [-0.2, -0.15) is 0 Å². The largest absolute Gasteiger partial charge is 0.332 e. The molecular weight excluding hydrogens is 430 g/mol. The highest BCUT2D eigenvalue weighted by Gasteiger charge is 2.15. The van der Waals surface area contributed by atoms with Gasteiger partial charge in [-0.25, -0.2) is 8.42 Å². The molecule has 0 aromatic heterocycles. The van der Waals surface area contributed by atoms with Gasteiger partial charge < -0.3 is 5.32 Å². The Kier molecular flexibility index (Phi) is 6.72. The zero-order valence-corrected chi connectivity index (χ0v) is 19.0. The topological polar surface area (TPSA) is 87.3 Å². The summed E-state index contributed by atoms with van der Waals surface area (Å²) in [6, 6.07) is 18.7. The molecule has 3 rings (SSSR count). The standard InChI is InChI=1S/C23H23N3O3S2/c1-15-8-9-19(14-17(15)3)26-31(28,29)20-12-10-18(11-13-20)24-23(30)25-22(27)21-7-5-4-6-16(21)2/h4-14,26H,1-3H3,(H2,24,25,27,30). The molecule has 160 valence electrons. The molecule has 8 heteroatoms. The third kappa shape index (κ3) is 5.68. The van der Waals surface area contributed by atoms with E-state index < -0.39 is 10.0 Å². The fourth-order valence-electron chi connectivity index (χ4n) is 2.90. The Bertz CT molecular complexity index is 1240. The second kappa shape index (κ2) is 9.28. The van der Waals surface area contributed by atoms with Gasteiger partial charge in [-0.05, 0) is 92.1 Å². The zero-order chi connectivity index (χ0) is 22.6. The molecule has 3 N–H and O–H groups in total. The number of anilines is 2. The molecule has 0 unspecified atom stereocenters. The van der Waals surface area contributed by atoms with Gasteiger partial charge in [-0.3, -0.25) is 14.8 Å². The maximum atomic E-state index is 12.7. The summed E-state index contributed by atoms with van der Waals surface area (Å²) >= 11 is 5.20. The first-order valence-electron chi connectivity index (χ1n) is 9.54. The first-order valence-corrected chi connectivity index (χ1v) is 11.4. The predicted octanol–water partition coefficient (Wildman–Crippen LogP) is 4.54. The molecule has 6 nitrogen and oxygen atoms in total. The number of sulfonamides is 1. The lowest BCUT2D eigenvalue weighted by Crippen LogP contribution is -2.34. The number of rotatable bonds is 5. The predicted molar refractivity (Wildman–Crippen MR) is 128 cm³/mol. The summed E-state index contributed by atoms with van der Waals surface area (Å²) in [6.07, 6.45) is 0. The molecule has 0 bridgehead atoms. The van der Waals surface area contributed by atoms with E-state index in [0.717, 1.165) is 16.7 Å². The molecule has 0 atom stereocenters. The van der Waals surface area contributed by atoms with Gasteiger partial charge in [-0.15, -0.1) is 0 Å². The van der Waals surface area contributed by atoms with Gasteiger partial charge in [0.2, 0.25) is 0 Å². The lowest BCUT2D eigenvalue weighted by Gasteiger charge is -2.12. The minimum atomic E-state index is -3.73. The lowest BCUT2D eigenvalue weighted by atomic mass is 10.1. The maximum absolute atomic E-state index is 12.7.